The van der Waals surface area contributed by atoms with Crippen LogP contribution < -0.4 is 15.4 Å². The van der Waals surface area contributed by atoms with Gasteiger partial charge in [0, 0.05) is 62.7 Å². The summed E-state index contributed by atoms with van der Waals surface area (Å²) < 4.78 is 31.6. The van der Waals surface area contributed by atoms with Crippen LogP contribution in [0.1, 0.15) is 143 Å². The highest BCUT2D eigenvalue weighted by atomic mass is 16.5. The number of allylic oxidation sites excluding steroid dienone is 2. The van der Waals surface area contributed by atoms with E-state index in [0.717, 1.165) is 224 Å². The fourth-order valence-electron chi connectivity index (χ4n) is 13.7. The van der Waals surface area contributed by atoms with Gasteiger partial charge >= 0.3 is 34.6 Å². The van der Waals surface area contributed by atoms with Gasteiger partial charge in [-0.3, -0.25) is 9.98 Å². The number of aliphatic imine (C=N–C) groups is 2. The third-order valence-corrected chi connectivity index (χ3v) is 19.1. The van der Waals surface area contributed by atoms with Crippen LogP contribution in [0, 0.1) is 0 Å². The highest BCUT2D eigenvalue weighted by molar-refractivity contribution is 6.30. The molecule has 11 heteroatoms. The van der Waals surface area contributed by atoms with Crippen LogP contribution in [0.2, 0.25) is 0 Å². The number of nitrogens with one attached hydrogen (secondary N) is 2. The molecule has 8 heterocycles. The number of ether oxygens (including phenoxy) is 1. The number of benzene rings is 4. The van der Waals surface area contributed by atoms with Crippen molar-refractivity contribution in [1.29, 1.82) is 0 Å². The van der Waals surface area contributed by atoms with E-state index in [0.29, 0.717) is 0 Å². The number of nitrogens with zero attached hydrogens (tertiary/aromatic N) is 5. The first-order valence-electron chi connectivity index (χ1n) is 32.4. The fourth-order valence-corrected chi connectivity index (χ4v) is 13.7. The topological polar surface area (TPSA) is 99.4 Å². The van der Waals surface area contributed by atoms with Crippen molar-refractivity contribution in [3.63, 3.8) is 0 Å². The van der Waals surface area contributed by atoms with Crippen LogP contribution in [0.3, 0.4) is 0 Å². The summed E-state index contributed by atoms with van der Waals surface area (Å²) in [4.78, 5) is 20.1. The average Bonchev–Trinajstić information content (AvgIpc) is 2.99. The maximum atomic E-state index is 7.26. The van der Waals surface area contributed by atoms with Gasteiger partial charge in [-0.1, -0.05) is 106 Å². The molecule has 0 saturated carbocycles. The Labute approximate surface area is 510 Å². The van der Waals surface area contributed by atoms with Crippen LogP contribution in [-0.4, -0.2) is 152 Å². The molecule has 2 N–H and O–H groups in total. The van der Waals surface area contributed by atoms with Crippen molar-refractivity contribution in [2.24, 2.45) is 9.98 Å². The smallest absolute Gasteiger partial charge is 0.360 e. The molecule has 2 aromatic heterocycles. The number of carbonyl (C=O) groups excluding carboxylic acids is 3. The first-order chi connectivity index (χ1) is 41.7. The van der Waals surface area contributed by atoms with Crippen molar-refractivity contribution in [1.82, 2.24) is 9.97 Å². The van der Waals surface area contributed by atoms with Crippen LogP contribution in [0.4, 0.5) is 0 Å². The number of quaternary nitrogens is 3. The van der Waals surface area contributed by atoms with E-state index in [1.54, 1.807) is 0 Å². The third kappa shape index (κ3) is 13.3. The van der Waals surface area contributed by atoms with E-state index in [1.807, 2.05) is 0 Å². The molecule has 4 aromatic carbocycles. The zero-order chi connectivity index (χ0) is 59.4. The quantitative estimate of drug-likeness (QED) is 0.0563. The van der Waals surface area contributed by atoms with E-state index >= 15 is 0 Å². The van der Waals surface area contributed by atoms with Crippen molar-refractivity contribution >= 4 is 39.9 Å². The molecular weight excluding hydrogens is 1060 g/mol. The minimum absolute atomic E-state index is 0.0982. The minimum atomic E-state index is -0.317. The molecule has 86 heavy (non-hydrogen) atoms. The van der Waals surface area contributed by atoms with Crippen molar-refractivity contribution < 1.29 is 31.5 Å². The molecule has 5 unspecified atom stereocenters. The van der Waals surface area contributed by atoms with Crippen LogP contribution >= 0.6 is 0 Å². The van der Waals surface area contributed by atoms with Crippen molar-refractivity contribution in [3.8, 4) is 23.0 Å². The summed E-state index contributed by atoms with van der Waals surface area (Å²) in [6.07, 6.45) is 22.6. The van der Waals surface area contributed by atoms with Crippen LogP contribution in [0.15, 0.2) is 156 Å². The Hall–Kier alpha value is -7.31. The predicted molar refractivity (Wildman–Crippen MR) is 351 cm³/mol. The van der Waals surface area contributed by atoms with Crippen LogP contribution in [-0.2, 0) is 13.3 Å². The summed E-state index contributed by atoms with van der Waals surface area (Å²) in [6, 6.07) is 43.0. The molecular formula is C75H93N7O4+6. The molecule has 3 fully saturated rings. The summed E-state index contributed by atoms with van der Waals surface area (Å²) in [7, 11) is 13.9. The molecule has 0 radical (unpaired) electrons. The monoisotopic (exact) mass is 1160 g/mol. The number of piperidine rings is 3. The number of H-pyrrole nitrogens is 2. The van der Waals surface area contributed by atoms with Gasteiger partial charge in [0.05, 0.1) is 134 Å². The van der Waals surface area contributed by atoms with E-state index in [4.69, 9.17) is 28.0 Å². The largest absolute Gasteiger partial charge is 0.490 e. The molecule has 6 aliphatic heterocycles. The molecule has 11 nitrogen and oxygen atoms in total. The van der Waals surface area contributed by atoms with Crippen molar-refractivity contribution in [2.45, 2.75) is 127 Å². The molecule has 5 atom stereocenters. The summed E-state index contributed by atoms with van der Waals surface area (Å²) >= 11 is 0. The van der Waals surface area contributed by atoms with E-state index in [9.17, 15) is 0 Å². The summed E-state index contributed by atoms with van der Waals surface area (Å²) in [5.74, 6) is 6.35. The first kappa shape index (κ1) is 59.0. The number of para-hydroxylation sites is 4. The number of likely N-dealkylation sites (tertiary alicyclic amines) is 3. The van der Waals surface area contributed by atoms with E-state index in [1.165, 1.54) is 19.3 Å². The molecule has 8 bridgehead atoms. The zero-order valence-electron chi connectivity index (χ0n) is 52.5. The molecule has 12 rings (SSSR count). The Kier molecular flexibility index (Phi) is 17.6. The molecule has 0 aliphatic carbocycles. The van der Waals surface area contributed by atoms with Gasteiger partial charge in [-0.2, -0.15) is 0 Å². The second kappa shape index (κ2) is 25.6. The Morgan fingerprint density at radius 1 is 0.488 bits per heavy atom. The maximum absolute atomic E-state index is 7.26. The lowest BCUT2D eigenvalue weighted by atomic mass is 9.87. The number of hydrogen-bond acceptors (Lipinski definition) is 3. The Morgan fingerprint density at radius 2 is 1.01 bits per heavy atom. The molecule has 0 spiro atoms. The molecule has 446 valence electrons. The average molecular weight is 1160 g/mol. The Bertz CT molecular complexity index is 3770. The first-order valence-corrected chi connectivity index (χ1v) is 32.4. The van der Waals surface area contributed by atoms with Crippen LogP contribution in [0.25, 0.3) is 11.1 Å². The summed E-state index contributed by atoms with van der Waals surface area (Å²) in [6.45, 7) is 10.8. The lowest BCUT2D eigenvalue weighted by Crippen LogP contribution is -2.46. The van der Waals surface area contributed by atoms with E-state index < -0.39 is 0 Å². The summed E-state index contributed by atoms with van der Waals surface area (Å²) in [5.41, 5.74) is 10.1. The third-order valence-electron chi connectivity index (χ3n) is 19.1. The van der Waals surface area contributed by atoms with Gasteiger partial charge in [0.1, 0.15) is 44.3 Å². The predicted octanol–water partition coefficient (Wildman–Crippen LogP) is 13.1. The lowest BCUT2D eigenvalue weighted by molar-refractivity contribution is -0.891. The highest BCUT2D eigenvalue weighted by Gasteiger charge is 2.41. The van der Waals surface area contributed by atoms with Gasteiger partial charge in [0.2, 0.25) is 0 Å². The number of hydrogen-bond donors (Lipinski definition) is 2. The number of unbranched alkanes of at least 4 members (excludes halogenated alkanes) is 3. The zero-order valence-corrected chi connectivity index (χ0v) is 52.5. The van der Waals surface area contributed by atoms with Gasteiger partial charge in [0.15, 0.2) is 0 Å². The molecule has 0 amide bonds. The van der Waals surface area contributed by atoms with Gasteiger partial charge in [-0.05, 0) is 79.9 Å². The van der Waals surface area contributed by atoms with Crippen molar-refractivity contribution in [3.05, 3.63) is 190 Å². The Morgan fingerprint density at radius 3 is 1.63 bits per heavy atom. The van der Waals surface area contributed by atoms with Gasteiger partial charge in [-0.15, -0.1) is 0 Å². The van der Waals surface area contributed by atoms with E-state index in [-0.39, 0.29) is 30.0 Å². The normalized spacial score (nSPS) is 22.6. The van der Waals surface area contributed by atoms with E-state index in [2.05, 4.69) is 212 Å². The molecule has 6 aromatic rings. The SMILES string of the molecule is CCCCCCC(CCC)Oc1ccccc1C1=c2ccc([nH]2)=C(c2ccccc2[O+]=C2CC[N+](C)(C)CC2)C2=NC(C=C2)C(c2ccccc2[O+]=C2CC[N+](C)(C)CC2)C2=NC(C=C2)C(c2ccccc2[O+]=C2CC[N+](C)(C)CC2)c2ccc1[nH]2. The summed E-state index contributed by atoms with van der Waals surface area (Å²) in [5, 5.41) is 1.91. The molecule has 3 saturated heterocycles. The second-order valence-electron chi connectivity index (χ2n) is 27.1. The number of aromatic nitrogens is 2. The Balaban J connectivity index is 1.10. The second-order valence-corrected chi connectivity index (χ2v) is 27.1. The minimum Gasteiger partial charge on any atom is -0.490 e. The maximum Gasteiger partial charge on any atom is 0.360 e. The number of aromatic amines is 2. The standard InChI is InChI=1S/C75H93N7O4/c1-9-11-12-13-23-52(22-10-2)83-68-28-18-14-24-56(68)72-60-32-34-62(76-60)73(57-25-15-19-29-69(57)84-53-40-46-80(3,4)47-41-53)64-36-38-66(78-64)75(59-27-17-21-31-71(59)86-55-44-50-82(7,8)51-45-55)67-39-37-65(79-67)74(63-35-33-61(72)77-63)58-26-16-20-30-70(58)85-54-42-48-81(5,6)49-43-54/h14-21,24-39,52,64,67,73,75-77H,9-13,22-23,40-51H2,1-8H3/q+6. The lowest BCUT2D eigenvalue weighted by Gasteiger charge is -2.31. The van der Waals surface area contributed by atoms with Gasteiger partial charge in [-0.25, -0.2) is 13.3 Å². The van der Waals surface area contributed by atoms with Crippen molar-refractivity contribution in [2.75, 3.05) is 81.6 Å². The number of fused-ring (bicyclic) bond motifs is 6. The number of rotatable bonds is 16. The highest BCUT2D eigenvalue weighted by Crippen LogP contribution is 2.43. The van der Waals surface area contributed by atoms with Gasteiger partial charge in [0.25, 0.3) is 0 Å². The fraction of sp³-hybridized carbons (Fsp3) is 0.427. The van der Waals surface area contributed by atoms with Crippen LogP contribution in [0.5, 0.6) is 23.0 Å². The number of ketones is 3. The van der Waals surface area contributed by atoms with Gasteiger partial charge < -0.3 is 28.2 Å². The molecule has 6 aliphatic rings.